The van der Waals surface area contributed by atoms with Crippen LogP contribution in [-0.4, -0.2) is 53.3 Å². The summed E-state index contributed by atoms with van der Waals surface area (Å²) < 4.78 is 0. The van der Waals surface area contributed by atoms with Crippen molar-refractivity contribution < 1.29 is 29.1 Å². The van der Waals surface area contributed by atoms with Gasteiger partial charge in [0.1, 0.15) is 11.6 Å². The van der Waals surface area contributed by atoms with Gasteiger partial charge >= 0.3 is 6.09 Å². The second-order valence-corrected chi connectivity index (χ2v) is 6.10. The molecule has 0 heterocycles. The van der Waals surface area contributed by atoms with Crippen LogP contribution in [-0.2, 0) is 19.2 Å². The zero-order chi connectivity index (χ0) is 20.1. The van der Waals surface area contributed by atoms with Crippen LogP contribution in [0.1, 0.15) is 40.5 Å². The Morgan fingerprint density at radius 3 is 2.16 bits per heavy atom. The Bertz CT molecular complexity index is 599. The lowest BCUT2D eigenvalue weighted by Gasteiger charge is -2.41. The highest BCUT2D eigenvalue weighted by Crippen LogP contribution is 2.42. The summed E-state index contributed by atoms with van der Waals surface area (Å²) >= 11 is 0. The molecule has 2 unspecified atom stereocenters. The van der Waals surface area contributed by atoms with E-state index < -0.39 is 17.7 Å². The van der Waals surface area contributed by atoms with Gasteiger partial charge in [-0.1, -0.05) is 13.8 Å². The van der Waals surface area contributed by atoms with E-state index in [1.54, 1.807) is 13.8 Å². The van der Waals surface area contributed by atoms with Crippen LogP contribution < -0.4 is 5.32 Å². The molecule has 1 saturated carbocycles. The zero-order valence-electron chi connectivity index (χ0n) is 14.6. The molecule has 1 aliphatic carbocycles. The highest BCUT2D eigenvalue weighted by atomic mass is 16.4. The molecule has 0 saturated heterocycles. The van der Waals surface area contributed by atoms with E-state index in [2.05, 4.69) is 15.3 Å². The number of nitrogens with one attached hydrogen (secondary N) is 2. The van der Waals surface area contributed by atoms with Crippen molar-refractivity contribution in [3.63, 3.8) is 0 Å². The van der Waals surface area contributed by atoms with Gasteiger partial charge in [0.05, 0.1) is 0 Å². The molecular weight excluding hydrogens is 332 g/mol. The van der Waals surface area contributed by atoms with E-state index in [4.69, 9.17) is 15.3 Å². The Morgan fingerprint density at radius 1 is 1.32 bits per heavy atom. The summed E-state index contributed by atoms with van der Waals surface area (Å²) in [7, 11) is 0. The summed E-state index contributed by atoms with van der Waals surface area (Å²) in [6.07, 6.45) is 3.46. The van der Waals surface area contributed by atoms with Gasteiger partial charge in [0.15, 0.2) is 5.78 Å². The molecule has 0 bridgehead atoms. The highest BCUT2D eigenvalue weighted by Gasteiger charge is 2.49. The first kappa shape index (κ1) is 24.3. The van der Waals surface area contributed by atoms with Crippen LogP contribution in [0.2, 0.25) is 0 Å². The molecule has 10 heteroatoms. The molecule has 10 nitrogen and oxygen atoms in total. The Balaban J connectivity index is 0. The van der Waals surface area contributed by atoms with Gasteiger partial charge in [-0.2, -0.15) is 9.98 Å². The third-order valence-electron chi connectivity index (χ3n) is 3.19. The molecule has 1 amide bonds. The number of rotatable bonds is 3. The van der Waals surface area contributed by atoms with Crippen molar-refractivity contribution in [2.75, 3.05) is 6.54 Å². The first-order valence-electron chi connectivity index (χ1n) is 7.23. The third-order valence-corrected chi connectivity index (χ3v) is 3.19. The largest absolute Gasteiger partial charge is 0.465 e. The number of carbonyl (C=O) groups is 2. The van der Waals surface area contributed by atoms with Crippen LogP contribution in [0.5, 0.6) is 0 Å². The molecular formula is C15H22N4O6. The van der Waals surface area contributed by atoms with Crippen molar-refractivity contribution in [1.29, 1.82) is 5.41 Å². The lowest BCUT2D eigenvalue weighted by Crippen LogP contribution is -2.50. The van der Waals surface area contributed by atoms with Gasteiger partial charge in [0.25, 0.3) is 0 Å². The predicted octanol–water partition coefficient (Wildman–Crippen LogP) is 1.35. The SMILES string of the molecule is CC1(C)CC(=O)C(N=C=O)C(C)(N=C=O)C1.CCNC(=O)O.N=C=O. The smallest absolute Gasteiger partial charge is 0.404 e. The maximum absolute atomic E-state index is 11.8. The van der Waals surface area contributed by atoms with Crippen LogP contribution >= 0.6 is 0 Å². The molecule has 0 aromatic carbocycles. The lowest BCUT2D eigenvalue weighted by molar-refractivity contribution is -0.126. The zero-order valence-corrected chi connectivity index (χ0v) is 14.6. The lowest BCUT2D eigenvalue weighted by atomic mass is 9.66. The van der Waals surface area contributed by atoms with Crippen LogP contribution in [0, 0.1) is 10.8 Å². The van der Waals surface area contributed by atoms with E-state index in [1.807, 2.05) is 13.8 Å². The Kier molecular flexibility index (Phi) is 11.3. The summed E-state index contributed by atoms with van der Waals surface area (Å²) in [5.74, 6) is -0.180. The monoisotopic (exact) mass is 354 g/mol. The fourth-order valence-corrected chi connectivity index (χ4v) is 2.66. The molecule has 1 fully saturated rings. The average Bonchev–Trinajstić information content (AvgIpc) is 2.43. The minimum Gasteiger partial charge on any atom is -0.465 e. The van der Waals surface area contributed by atoms with Crippen LogP contribution in [0.3, 0.4) is 0 Å². The number of carbonyl (C=O) groups excluding carboxylic acids is 4. The van der Waals surface area contributed by atoms with Gasteiger partial charge in [-0.15, -0.1) is 0 Å². The summed E-state index contributed by atoms with van der Waals surface area (Å²) in [6.45, 7) is 7.69. The summed E-state index contributed by atoms with van der Waals surface area (Å²) in [6, 6.07) is -0.903. The molecule has 0 aliphatic heterocycles. The highest BCUT2D eigenvalue weighted by molar-refractivity contribution is 5.88. The summed E-state index contributed by atoms with van der Waals surface area (Å²) in [4.78, 5) is 57.5. The number of hydrogen-bond donors (Lipinski definition) is 3. The van der Waals surface area contributed by atoms with Crippen molar-refractivity contribution >= 4 is 30.1 Å². The van der Waals surface area contributed by atoms with Gasteiger partial charge in [-0.3, -0.25) is 4.79 Å². The molecule has 138 valence electrons. The van der Waals surface area contributed by atoms with Crippen LogP contribution in [0.15, 0.2) is 9.98 Å². The minimum absolute atomic E-state index is 0.180. The topological polar surface area (TPSA) is 166 Å². The predicted molar refractivity (Wildman–Crippen MR) is 86.6 cm³/mol. The van der Waals surface area contributed by atoms with Gasteiger partial charge in [-0.25, -0.2) is 24.6 Å². The molecule has 1 rings (SSSR count). The normalized spacial score (nSPS) is 22.9. The standard InChI is InChI=1S/C11H14N2O3.C3H7NO2.CHNO/c1-10(2)4-8(16)9(12-6-14)11(3,5-10)13-7-15;1-2-4-3(5)6;2-1-3/h9H,4-5H2,1-3H3;4H,2H2,1H3,(H,5,6);2H. The fourth-order valence-electron chi connectivity index (χ4n) is 2.66. The number of ketones is 1. The van der Waals surface area contributed by atoms with Crippen LogP contribution in [0.25, 0.3) is 0 Å². The van der Waals surface area contributed by atoms with Gasteiger partial charge in [-0.05, 0) is 25.7 Å². The number of Topliss-reactive ketones (excluding diaryl/α,β-unsaturated/α-hetero) is 1. The first-order chi connectivity index (χ1) is 11.5. The van der Waals surface area contributed by atoms with Crippen molar-refractivity contribution in [2.24, 2.45) is 15.4 Å². The Labute approximate surface area is 144 Å². The molecule has 0 spiro atoms. The number of isocyanates is 3. The van der Waals surface area contributed by atoms with E-state index in [0.29, 0.717) is 19.4 Å². The Morgan fingerprint density at radius 2 is 1.84 bits per heavy atom. The van der Waals surface area contributed by atoms with E-state index in [-0.39, 0.29) is 11.2 Å². The quantitative estimate of drug-likeness (QED) is 0.511. The van der Waals surface area contributed by atoms with Gasteiger partial charge < -0.3 is 10.4 Å². The van der Waals surface area contributed by atoms with Crippen molar-refractivity contribution in [2.45, 2.75) is 52.1 Å². The van der Waals surface area contributed by atoms with Gasteiger partial charge in [0.2, 0.25) is 18.2 Å². The maximum atomic E-state index is 11.8. The van der Waals surface area contributed by atoms with Crippen molar-refractivity contribution in [3.8, 4) is 0 Å². The molecule has 0 aromatic heterocycles. The van der Waals surface area contributed by atoms with Crippen molar-refractivity contribution in [1.82, 2.24) is 5.32 Å². The second kappa shape index (κ2) is 11.6. The summed E-state index contributed by atoms with van der Waals surface area (Å²) in [5.41, 5.74) is -1.22. The number of hydrogen-bond acceptors (Lipinski definition) is 8. The first-order valence-corrected chi connectivity index (χ1v) is 7.23. The van der Waals surface area contributed by atoms with E-state index in [9.17, 15) is 19.2 Å². The number of aliphatic imine (C=N–C) groups is 2. The van der Waals surface area contributed by atoms with Gasteiger partial charge in [0, 0.05) is 13.0 Å². The van der Waals surface area contributed by atoms with Crippen molar-refractivity contribution in [3.05, 3.63) is 0 Å². The molecule has 2 atom stereocenters. The second-order valence-electron chi connectivity index (χ2n) is 6.10. The molecule has 25 heavy (non-hydrogen) atoms. The molecule has 1 aliphatic rings. The molecule has 3 N–H and O–H groups in total. The third kappa shape index (κ3) is 9.73. The fraction of sp³-hybridized carbons (Fsp3) is 0.667. The minimum atomic E-state index is -0.974. The van der Waals surface area contributed by atoms with E-state index >= 15 is 0 Å². The van der Waals surface area contributed by atoms with E-state index in [0.717, 1.165) is 6.08 Å². The number of nitrogens with zero attached hydrogens (tertiary/aromatic N) is 2. The molecule has 0 aromatic rings. The van der Waals surface area contributed by atoms with Crippen LogP contribution in [0.4, 0.5) is 4.79 Å². The van der Waals surface area contributed by atoms with E-state index in [1.165, 1.54) is 12.2 Å². The Hall–Kier alpha value is -2.92. The average molecular weight is 354 g/mol. The summed E-state index contributed by atoms with van der Waals surface area (Å²) in [5, 5.41) is 15.3. The number of carboxylic acid groups (broad SMARTS) is 1. The maximum Gasteiger partial charge on any atom is 0.404 e. The molecule has 0 radical (unpaired) electrons. The number of amides is 1.